The second-order valence-electron chi connectivity index (χ2n) is 14.1. The smallest absolute Gasteiger partial charge is 0.376 e. The molecule has 8 heteroatoms. The van der Waals surface area contributed by atoms with Crippen LogP contribution in [0.1, 0.15) is 116 Å². The Morgan fingerprint density at radius 2 is 1.50 bits per heavy atom. The fourth-order valence-electron chi connectivity index (χ4n) is 5.72. The van der Waals surface area contributed by atoms with Crippen LogP contribution in [0.15, 0.2) is 54.6 Å². The maximum Gasteiger partial charge on any atom is 0.421 e. The molecular weight excluding hydrogens is 611 g/mol. The summed E-state index contributed by atoms with van der Waals surface area (Å²) in [6.45, 7) is 13.4. The van der Waals surface area contributed by atoms with Gasteiger partial charge in [0.05, 0.1) is 6.07 Å². The number of amides is 1. The van der Waals surface area contributed by atoms with Crippen molar-refractivity contribution < 1.29 is 23.1 Å². The number of hydrogen-bond acceptors (Lipinski definition) is 4. The molecule has 3 fully saturated rings. The van der Waals surface area contributed by atoms with Gasteiger partial charge in [-0.3, -0.25) is 4.79 Å². The van der Waals surface area contributed by atoms with E-state index in [1.807, 2.05) is 6.92 Å². The van der Waals surface area contributed by atoms with Crippen LogP contribution in [-0.4, -0.2) is 58.7 Å². The Morgan fingerprint density at radius 3 is 1.90 bits per heavy atom. The van der Waals surface area contributed by atoms with Gasteiger partial charge in [0.2, 0.25) is 6.41 Å². The molecule has 48 heavy (non-hydrogen) atoms. The highest BCUT2D eigenvalue weighted by Gasteiger charge is 2.51. The fraction of sp³-hybridized carbons (Fsp3) is 0.650. The first kappa shape index (κ1) is 41.3. The quantitative estimate of drug-likeness (QED) is 0.242. The minimum Gasteiger partial charge on any atom is -0.376 e. The van der Waals surface area contributed by atoms with Crippen molar-refractivity contribution in [3.8, 4) is 6.07 Å². The molecule has 3 unspecified atom stereocenters. The molecule has 1 amide bonds. The number of likely N-dealkylation sites (tertiary alicyclic amines) is 1. The van der Waals surface area contributed by atoms with E-state index in [9.17, 15) is 23.1 Å². The number of hydrogen-bond donors (Lipinski definition) is 1. The Morgan fingerprint density at radius 1 is 0.958 bits per heavy atom. The zero-order valence-electron chi connectivity index (χ0n) is 30.2. The van der Waals surface area contributed by atoms with Crippen LogP contribution in [0.25, 0.3) is 0 Å². The molecule has 1 aliphatic heterocycles. The van der Waals surface area contributed by atoms with Crippen LogP contribution in [0.5, 0.6) is 0 Å². The number of carbonyl (C=O) groups is 1. The van der Waals surface area contributed by atoms with Crippen molar-refractivity contribution in [3.05, 3.63) is 71.3 Å². The van der Waals surface area contributed by atoms with Crippen LogP contribution in [0.3, 0.4) is 0 Å². The first-order valence-electron chi connectivity index (χ1n) is 18.0. The maximum absolute atomic E-state index is 12.4. The topological polar surface area (TPSA) is 67.6 Å². The molecule has 1 N–H and O–H groups in total. The number of aryl methyl sites for hydroxylation is 2. The Kier molecular flexibility index (Phi) is 17.7. The van der Waals surface area contributed by atoms with Crippen LogP contribution in [-0.2, 0) is 16.8 Å². The van der Waals surface area contributed by atoms with Crippen LogP contribution in [0, 0.1) is 30.1 Å². The molecule has 0 aromatic heterocycles. The molecule has 1 saturated heterocycles. The maximum atomic E-state index is 12.4. The highest BCUT2D eigenvalue weighted by atomic mass is 19.4. The van der Waals surface area contributed by atoms with Crippen LogP contribution in [0.4, 0.5) is 13.2 Å². The number of nitrogens with zero attached hydrogens (tertiary/aromatic N) is 3. The first-order chi connectivity index (χ1) is 22.8. The number of aliphatic hydroxyl groups is 1. The van der Waals surface area contributed by atoms with E-state index in [1.54, 1.807) is 6.92 Å². The molecule has 2 aliphatic carbocycles. The number of benzene rings is 2. The lowest BCUT2D eigenvalue weighted by Crippen LogP contribution is -2.48. The minimum absolute atomic E-state index is 0.143. The molecule has 2 aromatic carbocycles. The van der Waals surface area contributed by atoms with Gasteiger partial charge in [0.25, 0.3) is 0 Å². The number of halogens is 3. The third-order valence-electron chi connectivity index (χ3n) is 9.58. The van der Waals surface area contributed by atoms with Gasteiger partial charge in [0.1, 0.15) is 0 Å². The summed E-state index contributed by atoms with van der Waals surface area (Å²) in [7, 11) is 0. The van der Waals surface area contributed by atoms with Crippen molar-refractivity contribution in [1.29, 1.82) is 5.26 Å². The number of nitriles is 1. The number of carbonyl (C=O) groups excluding carboxylic acids is 1. The largest absolute Gasteiger partial charge is 0.421 e. The fourth-order valence-corrected chi connectivity index (χ4v) is 5.72. The van der Waals surface area contributed by atoms with Crippen LogP contribution < -0.4 is 0 Å². The lowest BCUT2D eigenvalue weighted by molar-refractivity contribution is -0.258. The average Bonchev–Trinajstić information content (AvgIpc) is 4.02. The molecule has 2 aromatic rings. The summed E-state index contributed by atoms with van der Waals surface area (Å²) >= 11 is 0. The predicted molar refractivity (Wildman–Crippen MR) is 189 cm³/mol. The minimum atomic E-state index is -4.65. The third-order valence-corrected chi connectivity index (χ3v) is 9.58. The molecule has 2 saturated carbocycles. The zero-order chi connectivity index (χ0) is 35.7. The van der Waals surface area contributed by atoms with Gasteiger partial charge < -0.3 is 14.9 Å². The molecular formula is C40H60F3N3O2. The summed E-state index contributed by atoms with van der Waals surface area (Å²) in [4.78, 5) is 16.1. The SMILES string of the molecule is CC1CC1.CCC(CCc1ccccc1)N1CCC(N(C=O)C2CC2)CC1.CCCC(C)C#N.Cc1ccc(C(C)(O)C(F)(F)F)cc1. The van der Waals surface area contributed by atoms with E-state index >= 15 is 0 Å². The summed E-state index contributed by atoms with van der Waals surface area (Å²) in [5.41, 5.74) is -0.621. The van der Waals surface area contributed by atoms with Crippen molar-refractivity contribution in [2.75, 3.05) is 13.1 Å². The normalized spacial score (nSPS) is 18.9. The van der Waals surface area contributed by atoms with E-state index in [4.69, 9.17) is 5.26 Å². The second kappa shape index (κ2) is 20.6. The van der Waals surface area contributed by atoms with E-state index < -0.39 is 11.8 Å². The first-order valence-corrected chi connectivity index (χ1v) is 18.0. The Balaban J connectivity index is 0.000000269. The van der Waals surface area contributed by atoms with Gasteiger partial charge in [-0.2, -0.15) is 18.4 Å². The van der Waals surface area contributed by atoms with Gasteiger partial charge in [-0.15, -0.1) is 0 Å². The molecule has 5 nitrogen and oxygen atoms in total. The summed E-state index contributed by atoms with van der Waals surface area (Å²) in [5, 5.41) is 17.5. The Hall–Kier alpha value is -2.89. The van der Waals surface area contributed by atoms with E-state index in [2.05, 4.69) is 67.0 Å². The number of piperidine rings is 1. The highest BCUT2D eigenvalue weighted by molar-refractivity contribution is 5.49. The molecule has 1 heterocycles. The van der Waals surface area contributed by atoms with E-state index in [0.717, 1.165) is 63.6 Å². The molecule has 0 radical (unpaired) electrons. The highest BCUT2D eigenvalue weighted by Crippen LogP contribution is 2.38. The number of rotatable bonds is 11. The summed E-state index contributed by atoms with van der Waals surface area (Å²) in [5.74, 6) is 1.34. The van der Waals surface area contributed by atoms with Gasteiger partial charge >= 0.3 is 6.18 Å². The van der Waals surface area contributed by atoms with Gasteiger partial charge in [0.15, 0.2) is 5.60 Å². The van der Waals surface area contributed by atoms with Gasteiger partial charge in [-0.1, -0.05) is 100 Å². The van der Waals surface area contributed by atoms with Crippen molar-refractivity contribution in [2.24, 2.45) is 11.8 Å². The van der Waals surface area contributed by atoms with E-state index in [1.165, 1.54) is 74.8 Å². The van der Waals surface area contributed by atoms with Crippen molar-refractivity contribution in [1.82, 2.24) is 9.80 Å². The average molecular weight is 672 g/mol. The van der Waals surface area contributed by atoms with Crippen molar-refractivity contribution in [3.63, 3.8) is 0 Å². The molecule has 0 bridgehead atoms. The molecule has 0 spiro atoms. The van der Waals surface area contributed by atoms with Crippen molar-refractivity contribution in [2.45, 2.75) is 142 Å². The molecule has 5 rings (SSSR count). The van der Waals surface area contributed by atoms with Crippen molar-refractivity contribution >= 4 is 6.41 Å². The molecule has 3 aliphatic rings. The zero-order valence-corrected chi connectivity index (χ0v) is 30.2. The van der Waals surface area contributed by atoms with Crippen LogP contribution in [0.2, 0.25) is 0 Å². The number of alkyl halides is 3. The van der Waals surface area contributed by atoms with Crippen LogP contribution >= 0.6 is 0 Å². The lowest BCUT2D eigenvalue weighted by Gasteiger charge is -2.40. The third kappa shape index (κ3) is 14.7. The standard InChI is InChI=1S/C20H30N2O.C10H11F3O.C6H11N.C4H8/c1-2-18(9-8-17-6-4-3-5-7-17)21-14-12-20(13-15-21)22(16-23)19-10-11-19;1-7-3-5-8(6-4-7)9(2,14)10(11,12)13;1-3-4-6(2)5-7;1-4-2-3-4/h3-7,16,18-20H,2,8-15H2,1H3;3-6,14H,1-2H3;6H,3-4H2,1-2H3;4H,2-3H2,1H3. The predicted octanol–water partition coefficient (Wildman–Crippen LogP) is 9.61. The second-order valence-corrected chi connectivity index (χ2v) is 14.1. The summed E-state index contributed by atoms with van der Waals surface area (Å²) in [6, 6.07) is 20.3. The lowest BCUT2D eigenvalue weighted by atomic mass is 9.95. The van der Waals surface area contributed by atoms with Gasteiger partial charge in [-0.25, -0.2) is 0 Å². The summed E-state index contributed by atoms with van der Waals surface area (Å²) < 4.78 is 37.1. The van der Waals surface area contributed by atoms with Gasteiger partial charge in [-0.05, 0) is 89.2 Å². The van der Waals surface area contributed by atoms with Gasteiger partial charge in [0, 0.05) is 37.1 Å². The van der Waals surface area contributed by atoms with E-state index in [0.29, 0.717) is 18.1 Å². The monoisotopic (exact) mass is 671 g/mol. The Bertz CT molecular complexity index is 1200. The Labute approximate surface area is 288 Å². The molecule has 3 atom stereocenters. The summed E-state index contributed by atoms with van der Waals surface area (Å²) in [6.07, 6.45) is 9.94. The molecule has 268 valence electrons. The van der Waals surface area contributed by atoms with E-state index in [-0.39, 0.29) is 11.5 Å².